The molecule has 2 aliphatic rings. The van der Waals surface area contributed by atoms with E-state index >= 15 is 0 Å². The summed E-state index contributed by atoms with van der Waals surface area (Å²) >= 11 is 6.36. The maximum Gasteiger partial charge on any atom is 0.410 e. The molecule has 1 atom stereocenters. The van der Waals surface area contributed by atoms with Crippen LogP contribution in [0.2, 0.25) is 5.02 Å². The maximum absolute atomic E-state index is 12.9. The molecule has 42 heavy (non-hydrogen) atoms. The first-order valence-electron chi connectivity index (χ1n) is 14.7. The molecule has 3 N–H and O–H groups in total. The first-order chi connectivity index (χ1) is 19.9. The van der Waals surface area contributed by atoms with Gasteiger partial charge in [0.2, 0.25) is 5.95 Å². The highest BCUT2D eigenvalue weighted by Crippen LogP contribution is 2.37. The fourth-order valence-corrected chi connectivity index (χ4v) is 6.15. The van der Waals surface area contributed by atoms with Crippen LogP contribution in [0.15, 0.2) is 29.7 Å². The molecule has 1 saturated heterocycles. The van der Waals surface area contributed by atoms with Crippen molar-refractivity contribution in [2.24, 2.45) is 22.7 Å². The van der Waals surface area contributed by atoms with E-state index in [-0.39, 0.29) is 18.0 Å². The van der Waals surface area contributed by atoms with E-state index in [0.717, 1.165) is 36.8 Å². The number of fused-ring (bicyclic) bond motifs is 1. The second-order valence-electron chi connectivity index (χ2n) is 12.7. The van der Waals surface area contributed by atoms with E-state index in [2.05, 4.69) is 33.5 Å². The SMILES string of the molecule is C[C@@H]1CN(C(=O)OC(C)(C)C)CCN1c1nc2cc(C(N)=NO)nc(-c3cncc(Cl)c3)c2n1C[C@H]1CC[C@H](C)CC1. The van der Waals surface area contributed by atoms with Gasteiger partial charge in [-0.2, -0.15) is 0 Å². The lowest BCUT2D eigenvalue weighted by molar-refractivity contribution is 0.0217. The molecule has 1 aliphatic carbocycles. The number of piperazine rings is 1. The zero-order valence-electron chi connectivity index (χ0n) is 25.0. The Balaban J connectivity index is 1.61. The number of carbonyl (C=O) groups excluding carboxylic acids is 1. The Hall–Kier alpha value is -3.60. The first-order valence-corrected chi connectivity index (χ1v) is 15.1. The Kier molecular flexibility index (Phi) is 8.50. The maximum atomic E-state index is 12.9. The number of nitrogens with zero attached hydrogens (tertiary/aromatic N) is 7. The van der Waals surface area contributed by atoms with Crippen LogP contribution in [0.5, 0.6) is 0 Å². The topological polar surface area (TPSA) is 135 Å². The van der Waals surface area contributed by atoms with Crippen LogP contribution >= 0.6 is 11.6 Å². The number of rotatable bonds is 5. The molecule has 0 aromatic carbocycles. The molecule has 0 spiro atoms. The van der Waals surface area contributed by atoms with Gasteiger partial charge in [-0.1, -0.05) is 36.5 Å². The Morgan fingerprint density at radius 3 is 2.52 bits per heavy atom. The number of carbonyl (C=O) groups is 1. The predicted molar refractivity (Wildman–Crippen MR) is 164 cm³/mol. The highest BCUT2D eigenvalue weighted by molar-refractivity contribution is 6.30. The van der Waals surface area contributed by atoms with Crippen LogP contribution in [0.3, 0.4) is 0 Å². The largest absolute Gasteiger partial charge is 0.444 e. The molecule has 5 rings (SSSR count). The Morgan fingerprint density at radius 1 is 1.14 bits per heavy atom. The number of hydrogen-bond acceptors (Lipinski definition) is 8. The number of oxime groups is 1. The van der Waals surface area contributed by atoms with Gasteiger partial charge in [0.05, 0.1) is 21.7 Å². The summed E-state index contributed by atoms with van der Waals surface area (Å²) in [6.45, 7) is 12.5. The van der Waals surface area contributed by atoms with Crippen LogP contribution in [0.4, 0.5) is 10.7 Å². The van der Waals surface area contributed by atoms with E-state index < -0.39 is 5.60 Å². The van der Waals surface area contributed by atoms with Crippen molar-refractivity contribution in [3.63, 3.8) is 0 Å². The molecule has 1 saturated carbocycles. The molecule has 226 valence electrons. The third kappa shape index (κ3) is 6.40. The zero-order valence-corrected chi connectivity index (χ0v) is 25.8. The van der Waals surface area contributed by atoms with Gasteiger partial charge < -0.3 is 30.0 Å². The molecule has 12 heteroatoms. The molecule has 3 aromatic heterocycles. The van der Waals surface area contributed by atoms with Crippen LogP contribution in [0.25, 0.3) is 22.3 Å². The van der Waals surface area contributed by atoms with Gasteiger partial charge in [-0.3, -0.25) is 4.98 Å². The van der Waals surface area contributed by atoms with Gasteiger partial charge in [0, 0.05) is 50.2 Å². The Labute approximate surface area is 251 Å². The van der Waals surface area contributed by atoms with Crippen molar-refractivity contribution in [1.29, 1.82) is 0 Å². The van der Waals surface area contributed by atoms with Gasteiger partial charge in [-0.25, -0.2) is 14.8 Å². The highest BCUT2D eigenvalue weighted by Gasteiger charge is 2.34. The Morgan fingerprint density at radius 2 is 1.88 bits per heavy atom. The molecule has 1 aliphatic heterocycles. The van der Waals surface area contributed by atoms with E-state index in [1.54, 1.807) is 23.4 Å². The van der Waals surface area contributed by atoms with E-state index in [4.69, 9.17) is 32.0 Å². The molecule has 2 fully saturated rings. The monoisotopic (exact) mass is 596 g/mol. The lowest BCUT2D eigenvalue weighted by Crippen LogP contribution is -2.55. The summed E-state index contributed by atoms with van der Waals surface area (Å²) in [5.41, 5.74) is 8.64. The first kappa shape index (κ1) is 29.9. The van der Waals surface area contributed by atoms with Gasteiger partial charge in [0.1, 0.15) is 11.3 Å². The van der Waals surface area contributed by atoms with Crippen molar-refractivity contribution in [2.75, 3.05) is 24.5 Å². The van der Waals surface area contributed by atoms with Crippen molar-refractivity contribution in [3.8, 4) is 11.3 Å². The number of amidine groups is 1. The van der Waals surface area contributed by atoms with E-state index in [1.807, 2.05) is 26.8 Å². The predicted octanol–water partition coefficient (Wildman–Crippen LogP) is 5.51. The van der Waals surface area contributed by atoms with Gasteiger partial charge in [0.25, 0.3) is 0 Å². The van der Waals surface area contributed by atoms with E-state index in [1.165, 1.54) is 12.8 Å². The van der Waals surface area contributed by atoms with Crippen LogP contribution in [-0.2, 0) is 11.3 Å². The summed E-state index contributed by atoms with van der Waals surface area (Å²) in [5, 5.41) is 13.1. The average molecular weight is 597 g/mol. The number of hydrogen-bond donors (Lipinski definition) is 2. The van der Waals surface area contributed by atoms with Crippen molar-refractivity contribution in [3.05, 3.63) is 35.2 Å². The van der Waals surface area contributed by atoms with Crippen LogP contribution in [0.1, 0.15) is 66.0 Å². The van der Waals surface area contributed by atoms with E-state index in [9.17, 15) is 10.0 Å². The molecule has 0 bridgehead atoms. The molecule has 1 amide bonds. The zero-order chi connectivity index (χ0) is 30.2. The summed E-state index contributed by atoms with van der Waals surface area (Å²) in [6, 6.07) is 3.56. The second-order valence-corrected chi connectivity index (χ2v) is 13.2. The molecule has 11 nitrogen and oxygen atoms in total. The number of anilines is 1. The van der Waals surface area contributed by atoms with Crippen molar-refractivity contribution in [2.45, 2.75) is 78.5 Å². The minimum atomic E-state index is -0.557. The quantitative estimate of drug-likeness (QED) is 0.170. The molecule has 0 unspecified atom stereocenters. The number of imidazole rings is 1. The molecule has 3 aromatic rings. The molecular formula is C30H41ClN8O3. The smallest absolute Gasteiger partial charge is 0.410 e. The number of ether oxygens (including phenoxy) is 1. The van der Waals surface area contributed by atoms with Crippen LogP contribution in [-0.4, -0.2) is 72.8 Å². The second kappa shape index (κ2) is 11.9. The number of pyridine rings is 2. The fourth-order valence-electron chi connectivity index (χ4n) is 5.98. The molecule has 4 heterocycles. The third-order valence-electron chi connectivity index (χ3n) is 8.17. The minimum absolute atomic E-state index is 0.0130. The summed E-state index contributed by atoms with van der Waals surface area (Å²) in [4.78, 5) is 31.2. The fraction of sp³-hybridized carbons (Fsp3) is 0.567. The standard InChI is InChI=1S/C30H41ClN8O3/c1-18-6-8-20(9-7-18)17-39-26-23(13-24(27(32)36-41)34-25(26)21-12-22(31)15-33-14-21)35-28(39)38-11-10-37(16-19(38)2)29(40)42-30(3,4)5/h12-15,18-20,41H,6-11,16-17H2,1-5H3,(H2,32,36)/t18-,19-,20-/m1/s1. The van der Waals surface area contributed by atoms with Crippen molar-refractivity contribution >= 4 is 40.5 Å². The number of halogens is 1. The number of amides is 1. The number of aromatic nitrogens is 4. The van der Waals surface area contributed by atoms with E-state index in [0.29, 0.717) is 53.0 Å². The van der Waals surface area contributed by atoms with Gasteiger partial charge in [-0.05, 0) is 64.5 Å². The van der Waals surface area contributed by atoms with Crippen molar-refractivity contribution in [1.82, 2.24) is 24.4 Å². The summed E-state index contributed by atoms with van der Waals surface area (Å²) in [7, 11) is 0. The molecule has 0 radical (unpaired) electrons. The van der Waals surface area contributed by atoms with Crippen LogP contribution < -0.4 is 10.6 Å². The minimum Gasteiger partial charge on any atom is -0.444 e. The van der Waals surface area contributed by atoms with Gasteiger partial charge >= 0.3 is 6.09 Å². The Bertz CT molecular complexity index is 1480. The average Bonchev–Trinajstić information content (AvgIpc) is 3.30. The van der Waals surface area contributed by atoms with Crippen molar-refractivity contribution < 1.29 is 14.7 Å². The van der Waals surface area contributed by atoms with Gasteiger partial charge in [-0.15, -0.1) is 0 Å². The molecular weight excluding hydrogens is 556 g/mol. The summed E-state index contributed by atoms with van der Waals surface area (Å²) in [6.07, 6.45) is 7.68. The number of nitrogens with two attached hydrogens (primary N) is 1. The van der Waals surface area contributed by atoms with Crippen LogP contribution in [0, 0.1) is 11.8 Å². The lowest BCUT2D eigenvalue weighted by Gasteiger charge is -2.41. The highest BCUT2D eigenvalue weighted by atomic mass is 35.5. The summed E-state index contributed by atoms with van der Waals surface area (Å²) < 4.78 is 7.92. The normalized spacial score (nSPS) is 22.0. The summed E-state index contributed by atoms with van der Waals surface area (Å²) in [5.74, 6) is 1.93. The third-order valence-corrected chi connectivity index (χ3v) is 8.37. The lowest BCUT2D eigenvalue weighted by atomic mass is 9.83. The van der Waals surface area contributed by atoms with Gasteiger partial charge in [0.15, 0.2) is 5.84 Å².